The lowest BCUT2D eigenvalue weighted by molar-refractivity contribution is -0.122. The van der Waals surface area contributed by atoms with Crippen LogP contribution in [0.2, 0.25) is 0 Å². The van der Waals surface area contributed by atoms with Crippen molar-refractivity contribution < 1.29 is 9.32 Å². The van der Waals surface area contributed by atoms with Crippen molar-refractivity contribution in [2.75, 3.05) is 18.2 Å². The molecule has 1 aromatic heterocycles. The highest BCUT2D eigenvalue weighted by Gasteiger charge is 2.21. The molecule has 122 valence electrons. The van der Waals surface area contributed by atoms with E-state index in [-0.39, 0.29) is 11.9 Å². The first-order valence-electron chi connectivity index (χ1n) is 7.77. The molecule has 23 heavy (non-hydrogen) atoms. The van der Waals surface area contributed by atoms with E-state index in [4.69, 9.17) is 4.52 Å². The Bertz CT molecular complexity index is 650. The lowest BCUT2D eigenvalue weighted by Crippen LogP contribution is -2.42. The van der Waals surface area contributed by atoms with Gasteiger partial charge < -0.3 is 9.84 Å². The Hall–Kier alpha value is -1.86. The smallest absolute Gasteiger partial charge is 0.257 e. The molecule has 6 nitrogen and oxygen atoms in total. The largest absolute Gasteiger partial charge is 0.354 e. The third-order valence-corrected chi connectivity index (χ3v) is 4.67. The topological polar surface area (TPSA) is 80.0 Å². The molecule has 1 atom stereocenters. The van der Waals surface area contributed by atoms with E-state index in [2.05, 4.69) is 20.8 Å². The number of benzene rings is 1. The minimum atomic E-state index is -0.0485. The molecule has 2 N–H and O–H groups in total. The molecule has 1 aromatic carbocycles. The van der Waals surface area contributed by atoms with Crippen molar-refractivity contribution in [2.24, 2.45) is 0 Å². The molecular weight excluding hydrogens is 312 g/mol. The molecule has 1 aliphatic rings. The monoisotopic (exact) mass is 332 g/mol. The Kier molecular flexibility index (Phi) is 5.30. The Morgan fingerprint density at radius 3 is 2.91 bits per heavy atom. The van der Waals surface area contributed by atoms with E-state index in [1.54, 1.807) is 11.8 Å². The zero-order chi connectivity index (χ0) is 16.1. The van der Waals surface area contributed by atoms with Crippen LogP contribution < -0.4 is 10.6 Å². The van der Waals surface area contributed by atoms with E-state index >= 15 is 0 Å². The average molecular weight is 332 g/mol. The van der Waals surface area contributed by atoms with Gasteiger partial charge in [0.05, 0.1) is 6.04 Å². The van der Waals surface area contributed by atoms with Gasteiger partial charge in [-0.05, 0) is 24.1 Å². The molecule has 2 aromatic rings. The lowest BCUT2D eigenvalue weighted by atomic mass is 10.1. The molecule has 1 fully saturated rings. The van der Waals surface area contributed by atoms with Crippen molar-refractivity contribution in [2.45, 2.75) is 25.8 Å². The number of thioether (sulfide) groups is 1. The standard InChI is InChI=1S/C16H20N4O2S/c1-2-14-19-16(22-20-14)12-5-3-11(4-6-12)7-8-17-15(21)13-9-23-10-18-13/h3-6,13,18H,2,7-10H2,1H3,(H,17,21). The minimum Gasteiger partial charge on any atom is -0.354 e. The van der Waals surface area contributed by atoms with Crippen LogP contribution >= 0.6 is 11.8 Å². The highest BCUT2D eigenvalue weighted by atomic mass is 32.2. The summed E-state index contributed by atoms with van der Waals surface area (Å²) < 4.78 is 5.22. The quantitative estimate of drug-likeness (QED) is 0.837. The summed E-state index contributed by atoms with van der Waals surface area (Å²) >= 11 is 1.75. The molecule has 1 aliphatic heterocycles. The molecule has 0 aliphatic carbocycles. The van der Waals surface area contributed by atoms with E-state index in [1.807, 2.05) is 31.2 Å². The Labute approximate surface area is 139 Å². The van der Waals surface area contributed by atoms with E-state index < -0.39 is 0 Å². The van der Waals surface area contributed by atoms with Crippen molar-refractivity contribution in [1.82, 2.24) is 20.8 Å². The predicted octanol–water partition coefficient (Wildman–Crippen LogP) is 1.62. The summed E-state index contributed by atoms with van der Waals surface area (Å²) in [5, 5.41) is 10.0. The van der Waals surface area contributed by atoms with Gasteiger partial charge in [0, 0.05) is 30.2 Å². The Morgan fingerprint density at radius 2 is 2.26 bits per heavy atom. The normalized spacial score (nSPS) is 17.3. The van der Waals surface area contributed by atoms with Gasteiger partial charge in [-0.25, -0.2) is 0 Å². The third-order valence-electron chi connectivity index (χ3n) is 3.73. The number of hydrogen-bond acceptors (Lipinski definition) is 6. The number of hydrogen-bond donors (Lipinski definition) is 2. The van der Waals surface area contributed by atoms with Gasteiger partial charge in [-0.3, -0.25) is 10.1 Å². The van der Waals surface area contributed by atoms with Crippen LogP contribution in [0.15, 0.2) is 28.8 Å². The summed E-state index contributed by atoms with van der Waals surface area (Å²) in [7, 11) is 0. The Balaban J connectivity index is 1.50. The zero-order valence-corrected chi connectivity index (χ0v) is 13.9. The number of aryl methyl sites for hydroxylation is 1. The molecule has 1 unspecified atom stereocenters. The van der Waals surface area contributed by atoms with Crippen molar-refractivity contribution in [3.8, 4) is 11.5 Å². The van der Waals surface area contributed by atoms with Crippen LogP contribution in [0.3, 0.4) is 0 Å². The van der Waals surface area contributed by atoms with Crippen molar-refractivity contribution in [3.63, 3.8) is 0 Å². The molecule has 0 saturated carbocycles. The predicted molar refractivity (Wildman–Crippen MR) is 90.1 cm³/mol. The van der Waals surface area contributed by atoms with E-state index in [0.717, 1.165) is 35.6 Å². The number of carbonyl (C=O) groups excluding carboxylic acids is 1. The summed E-state index contributed by atoms with van der Waals surface area (Å²) in [5.41, 5.74) is 2.08. The number of nitrogens with one attached hydrogen (secondary N) is 2. The third kappa shape index (κ3) is 4.11. The van der Waals surface area contributed by atoms with E-state index in [0.29, 0.717) is 18.3 Å². The minimum absolute atomic E-state index is 0.0485. The summed E-state index contributed by atoms with van der Waals surface area (Å²) in [4.78, 5) is 16.2. The molecule has 2 heterocycles. The molecular formula is C16H20N4O2S. The molecule has 7 heteroatoms. The van der Waals surface area contributed by atoms with Crippen molar-refractivity contribution in [3.05, 3.63) is 35.7 Å². The van der Waals surface area contributed by atoms with Crippen molar-refractivity contribution >= 4 is 17.7 Å². The highest BCUT2D eigenvalue weighted by molar-refractivity contribution is 7.99. The fourth-order valence-electron chi connectivity index (χ4n) is 2.35. The number of rotatable bonds is 6. The Morgan fingerprint density at radius 1 is 1.43 bits per heavy atom. The summed E-state index contributed by atoms with van der Waals surface area (Å²) in [5.74, 6) is 3.06. The van der Waals surface area contributed by atoms with Gasteiger partial charge in [0.25, 0.3) is 5.89 Å². The van der Waals surface area contributed by atoms with Crippen LogP contribution in [0, 0.1) is 0 Å². The average Bonchev–Trinajstić information content (AvgIpc) is 3.27. The van der Waals surface area contributed by atoms with Crippen LogP contribution in [-0.2, 0) is 17.6 Å². The zero-order valence-electron chi connectivity index (χ0n) is 13.0. The van der Waals surface area contributed by atoms with Gasteiger partial charge in [-0.2, -0.15) is 4.98 Å². The second-order valence-corrected chi connectivity index (χ2v) is 6.41. The maximum absolute atomic E-state index is 11.9. The maximum atomic E-state index is 11.9. The molecule has 3 rings (SSSR count). The second kappa shape index (κ2) is 7.61. The maximum Gasteiger partial charge on any atom is 0.257 e. The summed E-state index contributed by atoms with van der Waals surface area (Å²) in [6.45, 7) is 2.63. The van der Waals surface area contributed by atoms with Gasteiger partial charge >= 0.3 is 0 Å². The first-order valence-corrected chi connectivity index (χ1v) is 8.92. The summed E-state index contributed by atoms with van der Waals surface area (Å²) in [6.07, 6.45) is 1.56. The molecule has 1 saturated heterocycles. The van der Waals surface area contributed by atoms with Gasteiger partial charge in [0.15, 0.2) is 5.82 Å². The van der Waals surface area contributed by atoms with Crippen LogP contribution in [-0.4, -0.2) is 40.3 Å². The molecule has 0 bridgehead atoms. The SMILES string of the molecule is CCc1noc(-c2ccc(CCNC(=O)C3CSCN3)cc2)n1. The molecule has 0 radical (unpaired) electrons. The first-order chi connectivity index (χ1) is 11.3. The van der Waals surface area contributed by atoms with E-state index in [1.165, 1.54) is 0 Å². The highest BCUT2D eigenvalue weighted by Crippen LogP contribution is 2.18. The van der Waals surface area contributed by atoms with Crippen LogP contribution in [0.5, 0.6) is 0 Å². The fourth-order valence-corrected chi connectivity index (χ4v) is 3.29. The lowest BCUT2D eigenvalue weighted by Gasteiger charge is -2.10. The summed E-state index contributed by atoms with van der Waals surface area (Å²) in [6, 6.07) is 7.95. The van der Waals surface area contributed by atoms with Gasteiger partial charge in [-0.15, -0.1) is 11.8 Å². The first kappa shape index (κ1) is 16.0. The van der Waals surface area contributed by atoms with Crippen LogP contribution in [0.4, 0.5) is 0 Å². The number of carbonyl (C=O) groups is 1. The molecule has 1 amide bonds. The van der Waals surface area contributed by atoms with E-state index in [9.17, 15) is 4.79 Å². The second-order valence-electron chi connectivity index (χ2n) is 5.38. The van der Waals surface area contributed by atoms with Crippen molar-refractivity contribution in [1.29, 1.82) is 0 Å². The van der Waals surface area contributed by atoms with Crippen LogP contribution in [0.1, 0.15) is 18.3 Å². The van der Waals surface area contributed by atoms with Crippen LogP contribution in [0.25, 0.3) is 11.5 Å². The fraction of sp³-hybridized carbons (Fsp3) is 0.438. The van der Waals surface area contributed by atoms with Gasteiger partial charge in [0.2, 0.25) is 5.91 Å². The number of aromatic nitrogens is 2. The van der Waals surface area contributed by atoms with Gasteiger partial charge in [-0.1, -0.05) is 24.2 Å². The number of amides is 1. The van der Waals surface area contributed by atoms with Gasteiger partial charge in [0.1, 0.15) is 0 Å². The molecule has 0 spiro atoms. The number of nitrogens with zero attached hydrogens (tertiary/aromatic N) is 2.